The van der Waals surface area contributed by atoms with E-state index >= 15 is 0 Å². The van der Waals surface area contributed by atoms with Crippen LogP contribution < -0.4 is 11.1 Å². The van der Waals surface area contributed by atoms with Crippen LogP contribution in [0.1, 0.15) is 48.0 Å². The summed E-state index contributed by atoms with van der Waals surface area (Å²) in [6.45, 7) is 3.03. The molecule has 1 heterocycles. The van der Waals surface area contributed by atoms with Gasteiger partial charge in [0.2, 0.25) is 5.91 Å². The van der Waals surface area contributed by atoms with Gasteiger partial charge < -0.3 is 16.0 Å². The van der Waals surface area contributed by atoms with Gasteiger partial charge in [0.05, 0.1) is 18.1 Å². The first-order valence-corrected chi connectivity index (χ1v) is 17.7. The zero-order valence-electron chi connectivity index (χ0n) is 24.6. The number of rotatable bonds is 7. The van der Waals surface area contributed by atoms with Crippen LogP contribution >= 0.6 is 0 Å². The number of carbonyl (C=O) groups excluding carboxylic acids is 2. The van der Waals surface area contributed by atoms with Crippen LogP contribution in [0.4, 0.5) is 4.39 Å². The maximum atomic E-state index is 12.4. The zero-order chi connectivity index (χ0) is 31.4. The first kappa shape index (κ1) is 34.1. The van der Waals surface area contributed by atoms with Gasteiger partial charge >= 0.3 is 0 Å². The maximum absolute atomic E-state index is 12.4. The Balaban J connectivity index is 0.000000295. The van der Waals surface area contributed by atoms with Gasteiger partial charge in [0, 0.05) is 40.6 Å². The van der Waals surface area contributed by atoms with Crippen molar-refractivity contribution < 1.29 is 26.6 Å². The van der Waals surface area contributed by atoms with Crippen molar-refractivity contribution in [3.8, 4) is 11.1 Å². The lowest BCUT2D eigenvalue weighted by Crippen LogP contribution is -2.47. The van der Waals surface area contributed by atoms with Crippen molar-refractivity contribution in [3.63, 3.8) is 0 Å². The zero-order valence-corrected chi connectivity index (χ0v) is 26.3. The van der Waals surface area contributed by atoms with Gasteiger partial charge in [0.25, 0.3) is 5.91 Å². The molecule has 1 saturated carbocycles. The summed E-state index contributed by atoms with van der Waals surface area (Å²) in [4.78, 5) is 26.7. The quantitative estimate of drug-likeness (QED) is 0.405. The van der Waals surface area contributed by atoms with E-state index < -0.39 is 20.6 Å². The Labute approximate surface area is 256 Å². The van der Waals surface area contributed by atoms with Gasteiger partial charge in [0.15, 0.2) is 9.84 Å². The van der Waals surface area contributed by atoms with Gasteiger partial charge in [-0.1, -0.05) is 43.3 Å². The summed E-state index contributed by atoms with van der Waals surface area (Å²) in [7, 11) is -4.08. The summed E-state index contributed by atoms with van der Waals surface area (Å²) in [6, 6.07) is 21.2. The molecule has 0 radical (unpaired) electrons. The average molecular weight is 630 g/mol. The molecular formula is C32H40FN3O5S2. The monoisotopic (exact) mass is 629 g/mol. The molecule has 0 spiro atoms. The maximum Gasteiger partial charge on any atom is 0.251 e. The Hall–Kier alpha value is -3.41. The lowest BCUT2D eigenvalue weighted by molar-refractivity contribution is -0.129. The second-order valence-electron chi connectivity index (χ2n) is 10.4. The summed E-state index contributed by atoms with van der Waals surface area (Å²) in [5, 5.41) is 2.58. The van der Waals surface area contributed by atoms with Gasteiger partial charge in [-0.3, -0.25) is 13.8 Å². The molecular weight excluding hydrogens is 590 g/mol. The molecule has 1 aliphatic carbocycles. The van der Waals surface area contributed by atoms with Crippen LogP contribution in [0.2, 0.25) is 0 Å². The van der Waals surface area contributed by atoms with Crippen molar-refractivity contribution in [2.24, 2.45) is 5.73 Å². The minimum absolute atomic E-state index is 0.0384. The number of halogens is 1. The second kappa shape index (κ2) is 16.4. The highest BCUT2D eigenvalue weighted by molar-refractivity contribution is 7.91. The van der Waals surface area contributed by atoms with Gasteiger partial charge in [-0.15, -0.1) is 0 Å². The third kappa shape index (κ3) is 11.3. The van der Waals surface area contributed by atoms with Crippen LogP contribution in [0.3, 0.4) is 0 Å². The van der Waals surface area contributed by atoms with E-state index in [1.165, 1.54) is 35.4 Å². The van der Waals surface area contributed by atoms with Crippen LogP contribution in [-0.4, -0.2) is 73.3 Å². The van der Waals surface area contributed by atoms with Crippen molar-refractivity contribution in [3.05, 3.63) is 89.7 Å². The third-order valence-corrected chi connectivity index (χ3v) is 9.52. The van der Waals surface area contributed by atoms with Crippen molar-refractivity contribution in [1.82, 2.24) is 10.2 Å². The first-order chi connectivity index (χ1) is 20.5. The molecule has 11 heteroatoms. The molecule has 0 bridgehead atoms. The molecule has 43 heavy (non-hydrogen) atoms. The van der Waals surface area contributed by atoms with E-state index in [0.29, 0.717) is 5.56 Å². The van der Waals surface area contributed by atoms with E-state index in [1.54, 1.807) is 18.4 Å². The number of nitrogens with zero attached hydrogens (tertiary/aromatic N) is 1. The summed E-state index contributed by atoms with van der Waals surface area (Å²) < 4.78 is 46.7. The van der Waals surface area contributed by atoms with Crippen molar-refractivity contribution >= 4 is 32.5 Å². The molecule has 5 rings (SSSR count). The largest absolute Gasteiger partial charge is 0.343 e. The topological polar surface area (TPSA) is 127 Å². The highest BCUT2D eigenvalue weighted by Crippen LogP contribution is 2.39. The number of hydrogen-bond acceptors (Lipinski definition) is 6. The Kier molecular flexibility index (Phi) is 13.0. The molecule has 1 atom stereocenters. The number of nitrogens with one attached hydrogen (secondary N) is 1. The summed E-state index contributed by atoms with van der Waals surface area (Å²) in [5.41, 5.74) is 8.61. The van der Waals surface area contributed by atoms with E-state index in [2.05, 4.69) is 12.2 Å². The minimum atomic E-state index is -3.05. The van der Waals surface area contributed by atoms with Gasteiger partial charge in [-0.25, -0.2) is 12.8 Å². The highest BCUT2D eigenvalue weighted by atomic mass is 32.2. The van der Waals surface area contributed by atoms with E-state index in [-0.39, 0.29) is 48.8 Å². The minimum Gasteiger partial charge on any atom is -0.343 e. The third-order valence-electron chi connectivity index (χ3n) is 6.97. The molecule has 2 amide bonds. The van der Waals surface area contributed by atoms with Crippen molar-refractivity contribution in [2.75, 3.05) is 43.9 Å². The van der Waals surface area contributed by atoms with E-state index in [4.69, 9.17) is 5.73 Å². The predicted molar refractivity (Wildman–Crippen MR) is 169 cm³/mol. The fourth-order valence-corrected chi connectivity index (χ4v) is 5.86. The van der Waals surface area contributed by atoms with E-state index in [0.717, 1.165) is 34.9 Å². The van der Waals surface area contributed by atoms with Gasteiger partial charge in [-0.2, -0.15) is 0 Å². The Morgan fingerprint density at radius 2 is 1.44 bits per heavy atom. The number of sulfone groups is 1. The molecule has 1 aliphatic heterocycles. The van der Waals surface area contributed by atoms with Crippen LogP contribution in [-0.2, 0) is 25.4 Å². The summed E-state index contributed by atoms with van der Waals surface area (Å²) in [6.07, 6.45) is 5.29. The Bertz CT molecular complexity index is 1460. The number of hydrogen-bond donors (Lipinski definition) is 2. The van der Waals surface area contributed by atoms with E-state index in [9.17, 15) is 26.6 Å². The van der Waals surface area contributed by atoms with Gasteiger partial charge in [0.1, 0.15) is 5.82 Å². The van der Waals surface area contributed by atoms with E-state index in [1.807, 2.05) is 48.5 Å². The SMILES string of the molecule is CCCN.CS(=O)c1ccc(-c2ccc(C(=O)NCC(=O)N3CCS(=O)(=O)CC3)cc2)cc1.Fc1ccc(C2CC2)cc1. The molecule has 3 aromatic rings. The van der Waals surface area contributed by atoms with Crippen LogP contribution in [0.15, 0.2) is 77.7 Å². The molecule has 1 unspecified atom stereocenters. The van der Waals surface area contributed by atoms with Crippen LogP contribution in [0.25, 0.3) is 11.1 Å². The predicted octanol–water partition coefficient (Wildman–Crippen LogP) is 4.14. The molecule has 0 aromatic heterocycles. The molecule has 3 N–H and O–H groups in total. The Morgan fingerprint density at radius 3 is 1.91 bits per heavy atom. The molecule has 2 aliphatic rings. The number of nitrogens with two attached hydrogens (primary N) is 1. The molecule has 8 nitrogen and oxygen atoms in total. The standard InChI is InChI=1S/C20H22N2O5S2.C9H9F.C3H9N/c1-28(25)18-8-6-16(7-9-18)15-2-4-17(5-3-15)20(24)21-14-19(23)22-10-12-29(26,27)13-11-22;10-9-5-3-8(4-6-9)7-1-2-7;1-2-3-4/h2-9H,10-14H2,1H3,(H,21,24);3-7H,1-2H2;2-4H2,1H3. The summed E-state index contributed by atoms with van der Waals surface area (Å²) >= 11 is 0. The smallest absolute Gasteiger partial charge is 0.251 e. The second-order valence-corrected chi connectivity index (χ2v) is 14.1. The average Bonchev–Trinajstić information content (AvgIpc) is 3.86. The van der Waals surface area contributed by atoms with Crippen LogP contribution in [0.5, 0.6) is 0 Å². The fourth-order valence-electron chi connectivity index (χ4n) is 4.14. The van der Waals surface area contributed by atoms with Crippen molar-refractivity contribution in [2.45, 2.75) is 37.0 Å². The lowest BCUT2D eigenvalue weighted by Gasteiger charge is -2.26. The number of benzene rings is 3. The van der Waals surface area contributed by atoms with Gasteiger partial charge in [-0.05, 0) is 84.8 Å². The summed E-state index contributed by atoms with van der Waals surface area (Å²) in [5.74, 6) is -0.137. The number of carbonyl (C=O) groups is 2. The molecule has 1 saturated heterocycles. The Morgan fingerprint density at radius 1 is 0.930 bits per heavy atom. The molecule has 232 valence electrons. The fraction of sp³-hybridized carbons (Fsp3) is 0.375. The molecule has 2 fully saturated rings. The number of amides is 2. The van der Waals surface area contributed by atoms with Crippen molar-refractivity contribution in [1.29, 1.82) is 0 Å². The highest BCUT2D eigenvalue weighted by Gasteiger charge is 2.25. The lowest BCUT2D eigenvalue weighted by atomic mass is 10.0. The normalized spacial score (nSPS) is 16.0. The van der Waals surface area contributed by atoms with Crippen LogP contribution in [0, 0.1) is 5.82 Å². The molecule has 3 aromatic carbocycles. The first-order valence-electron chi connectivity index (χ1n) is 14.3.